The standard InChI is InChI=1S/C12H23N5O/c1-17-9-11(15-16-17)8-10(14-13)5-6-12-4-2-3-7-18-12/h9-10,12,14H,2-8,13H2,1H3. The van der Waals surface area contributed by atoms with Crippen LogP contribution < -0.4 is 11.3 Å². The molecule has 0 spiro atoms. The van der Waals surface area contributed by atoms with Gasteiger partial charge in [0.15, 0.2) is 0 Å². The molecule has 1 aromatic rings. The molecule has 6 heteroatoms. The summed E-state index contributed by atoms with van der Waals surface area (Å²) in [6.45, 7) is 0.912. The molecule has 1 aliphatic rings. The maximum Gasteiger partial charge on any atom is 0.0843 e. The molecule has 0 bridgehead atoms. The molecule has 1 aliphatic heterocycles. The van der Waals surface area contributed by atoms with Crippen molar-refractivity contribution in [1.82, 2.24) is 20.4 Å². The Morgan fingerprint density at radius 1 is 1.61 bits per heavy atom. The minimum Gasteiger partial charge on any atom is -0.378 e. The maximum absolute atomic E-state index is 5.73. The van der Waals surface area contributed by atoms with Crippen LogP contribution in [-0.4, -0.2) is 33.7 Å². The van der Waals surface area contributed by atoms with Crippen LogP contribution in [0.1, 0.15) is 37.8 Å². The molecule has 2 unspecified atom stereocenters. The molecule has 2 heterocycles. The SMILES string of the molecule is Cn1cc(CC(CCC2CCCCO2)NN)nn1. The first-order valence-corrected chi connectivity index (χ1v) is 6.71. The topological polar surface area (TPSA) is 78.0 Å². The molecule has 1 saturated heterocycles. The lowest BCUT2D eigenvalue weighted by atomic mass is 10.00. The monoisotopic (exact) mass is 253 g/mol. The second kappa shape index (κ2) is 6.82. The zero-order chi connectivity index (χ0) is 12.8. The molecule has 6 nitrogen and oxygen atoms in total. The molecule has 2 rings (SSSR count). The summed E-state index contributed by atoms with van der Waals surface area (Å²) in [6.07, 6.45) is 8.91. The van der Waals surface area contributed by atoms with E-state index in [-0.39, 0.29) is 6.04 Å². The van der Waals surface area contributed by atoms with Crippen LogP contribution in [-0.2, 0) is 18.2 Å². The number of rotatable bonds is 6. The summed E-state index contributed by atoms with van der Waals surface area (Å²) in [7, 11) is 1.87. The van der Waals surface area contributed by atoms with Crippen LogP contribution in [0.4, 0.5) is 0 Å². The number of nitrogens with one attached hydrogen (secondary N) is 1. The Balaban J connectivity index is 1.74. The first-order valence-electron chi connectivity index (χ1n) is 6.71. The Labute approximate surface area is 108 Å². The van der Waals surface area contributed by atoms with Gasteiger partial charge in [-0.25, -0.2) is 0 Å². The summed E-state index contributed by atoms with van der Waals surface area (Å²) < 4.78 is 7.44. The molecule has 1 aromatic heterocycles. The fourth-order valence-corrected chi connectivity index (χ4v) is 2.41. The van der Waals surface area contributed by atoms with Gasteiger partial charge < -0.3 is 4.74 Å². The maximum atomic E-state index is 5.73. The number of aromatic nitrogens is 3. The van der Waals surface area contributed by atoms with E-state index in [2.05, 4.69) is 15.7 Å². The van der Waals surface area contributed by atoms with Gasteiger partial charge in [0.2, 0.25) is 0 Å². The highest BCUT2D eigenvalue weighted by Crippen LogP contribution is 2.18. The predicted octanol–water partition coefficient (Wildman–Crippen LogP) is 0.539. The van der Waals surface area contributed by atoms with E-state index >= 15 is 0 Å². The lowest BCUT2D eigenvalue weighted by Crippen LogP contribution is -2.37. The molecule has 1 fully saturated rings. The second-order valence-corrected chi connectivity index (χ2v) is 5.02. The van der Waals surface area contributed by atoms with E-state index in [1.807, 2.05) is 13.2 Å². The predicted molar refractivity (Wildman–Crippen MR) is 68.6 cm³/mol. The van der Waals surface area contributed by atoms with Crippen LogP contribution in [0, 0.1) is 0 Å². The van der Waals surface area contributed by atoms with Crippen LogP contribution >= 0.6 is 0 Å². The highest BCUT2D eigenvalue weighted by molar-refractivity contribution is 4.95. The Morgan fingerprint density at radius 2 is 2.50 bits per heavy atom. The van der Waals surface area contributed by atoms with E-state index in [0.29, 0.717) is 6.10 Å². The third kappa shape index (κ3) is 4.04. The average molecular weight is 253 g/mol. The Hall–Kier alpha value is -0.980. The van der Waals surface area contributed by atoms with Gasteiger partial charge in [-0.2, -0.15) is 0 Å². The lowest BCUT2D eigenvalue weighted by molar-refractivity contribution is 0.00857. The number of ether oxygens (including phenoxy) is 1. The van der Waals surface area contributed by atoms with Gasteiger partial charge in [0.05, 0.1) is 11.8 Å². The molecule has 18 heavy (non-hydrogen) atoms. The zero-order valence-corrected chi connectivity index (χ0v) is 11.0. The highest BCUT2D eigenvalue weighted by Gasteiger charge is 2.17. The molecule has 2 atom stereocenters. The van der Waals surface area contributed by atoms with Crippen molar-refractivity contribution in [2.75, 3.05) is 6.61 Å². The zero-order valence-electron chi connectivity index (χ0n) is 11.0. The van der Waals surface area contributed by atoms with Crippen molar-refractivity contribution < 1.29 is 4.74 Å². The second-order valence-electron chi connectivity index (χ2n) is 5.02. The van der Waals surface area contributed by atoms with Gasteiger partial charge in [-0.3, -0.25) is 16.0 Å². The number of aryl methyl sites for hydroxylation is 1. The summed E-state index contributed by atoms with van der Waals surface area (Å²) >= 11 is 0. The van der Waals surface area contributed by atoms with E-state index < -0.39 is 0 Å². The Bertz CT molecular complexity index is 348. The fraction of sp³-hybridized carbons (Fsp3) is 0.833. The van der Waals surface area contributed by atoms with Crippen LogP contribution in [0.3, 0.4) is 0 Å². The number of hydrogen-bond donors (Lipinski definition) is 2. The van der Waals surface area contributed by atoms with E-state index in [1.54, 1.807) is 4.68 Å². The highest BCUT2D eigenvalue weighted by atomic mass is 16.5. The van der Waals surface area contributed by atoms with Crippen molar-refractivity contribution in [3.05, 3.63) is 11.9 Å². The van der Waals surface area contributed by atoms with Gasteiger partial charge in [0.1, 0.15) is 0 Å². The van der Waals surface area contributed by atoms with Crippen molar-refractivity contribution in [3.8, 4) is 0 Å². The van der Waals surface area contributed by atoms with Gasteiger partial charge in [-0.1, -0.05) is 5.21 Å². The molecule has 0 aliphatic carbocycles. The van der Waals surface area contributed by atoms with Gasteiger partial charge >= 0.3 is 0 Å². The molecule has 102 valence electrons. The molecule has 3 N–H and O–H groups in total. The van der Waals surface area contributed by atoms with Crippen molar-refractivity contribution in [2.24, 2.45) is 12.9 Å². The van der Waals surface area contributed by atoms with E-state index in [0.717, 1.165) is 31.6 Å². The molecule has 0 radical (unpaired) electrons. The van der Waals surface area contributed by atoms with Crippen LogP contribution in [0.15, 0.2) is 6.20 Å². The molecule has 0 aromatic carbocycles. The van der Waals surface area contributed by atoms with Crippen LogP contribution in [0.2, 0.25) is 0 Å². The van der Waals surface area contributed by atoms with E-state index in [9.17, 15) is 0 Å². The summed E-state index contributed by atoms with van der Waals surface area (Å²) in [5, 5.41) is 8.01. The number of nitrogens with zero attached hydrogens (tertiary/aromatic N) is 3. The first-order chi connectivity index (χ1) is 8.78. The first kappa shape index (κ1) is 13.5. The molecule has 0 saturated carbocycles. The quantitative estimate of drug-likeness (QED) is 0.571. The minimum atomic E-state index is 0.243. The lowest BCUT2D eigenvalue weighted by Gasteiger charge is -2.24. The number of hydrazine groups is 1. The van der Waals surface area contributed by atoms with Gasteiger partial charge in [-0.15, -0.1) is 5.10 Å². The van der Waals surface area contributed by atoms with Crippen LogP contribution in [0.25, 0.3) is 0 Å². The van der Waals surface area contributed by atoms with Crippen molar-refractivity contribution in [3.63, 3.8) is 0 Å². The summed E-state index contributed by atoms with van der Waals surface area (Å²) in [5.74, 6) is 5.60. The Kier molecular flexibility index (Phi) is 5.10. The number of hydrogen-bond acceptors (Lipinski definition) is 5. The summed E-state index contributed by atoms with van der Waals surface area (Å²) in [5.41, 5.74) is 3.84. The Morgan fingerprint density at radius 3 is 3.11 bits per heavy atom. The van der Waals surface area contributed by atoms with Crippen molar-refractivity contribution in [1.29, 1.82) is 0 Å². The van der Waals surface area contributed by atoms with Crippen LogP contribution in [0.5, 0.6) is 0 Å². The van der Waals surface area contributed by atoms with Crippen molar-refractivity contribution >= 4 is 0 Å². The van der Waals surface area contributed by atoms with E-state index in [4.69, 9.17) is 10.6 Å². The van der Waals surface area contributed by atoms with Crippen molar-refractivity contribution in [2.45, 2.75) is 50.7 Å². The average Bonchev–Trinajstić information content (AvgIpc) is 2.81. The smallest absolute Gasteiger partial charge is 0.0843 e. The van der Waals surface area contributed by atoms with E-state index in [1.165, 1.54) is 19.3 Å². The largest absolute Gasteiger partial charge is 0.378 e. The third-order valence-electron chi connectivity index (χ3n) is 3.45. The molecular formula is C12H23N5O. The van der Waals surface area contributed by atoms with Gasteiger partial charge in [-0.05, 0) is 32.1 Å². The summed E-state index contributed by atoms with van der Waals surface area (Å²) in [6, 6.07) is 0.243. The third-order valence-corrected chi connectivity index (χ3v) is 3.45. The molecular weight excluding hydrogens is 230 g/mol. The molecule has 0 amide bonds. The summed E-state index contributed by atoms with van der Waals surface area (Å²) in [4.78, 5) is 0. The fourth-order valence-electron chi connectivity index (χ4n) is 2.41. The van der Waals surface area contributed by atoms with Gasteiger partial charge in [0, 0.05) is 32.3 Å². The van der Waals surface area contributed by atoms with Gasteiger partial charge in [0.25, 0.3) is 0 Å². The number of nitrogens with two attached hydrogens (primary N) is 1. The normalized spacial score (nSPS) is 22.0. The minimum absolute atomic E-state index is 0.243.